The standard InChI is InChI=1S/C42H35ClN6O2S/c43-34-23-44-40-38(46-34)32(24-49(40)42(29-10-4-1-5-11-29,30-12-6-2-7-13-30)31-14-8-3-9-15-31)39-45-33(28-20-21-52-25-28)22-35(48-39)47-37-27-18-16-26(17-19-27)36(37)41(50)51/h1-15,20-27,36-37H,16-19H2,(H,50,51)(H,45,47,48). The summed E-state index contributed by atoms with van der Waals surface area (Å²) in [5, 5.41) is 18.3. The second kappa shape index (κ2) is 13.3. The number of nitrogens with zero attached hydrogens (tertiary/aromatic N) is 5. The summed E-state index contributed by atoms with van der Waals surface area (Å²) in [6, 6.07) is 35.0. The van der Waals surface area contributed by atoms with Gasteiger partial charge < -0.3 is 15.0 Å². The minimum absolute atomic E-state index is 0.162. The summed E-state index contributed by atoms with van der Waals surface area (Å²) in [6.07, 6.45) is 7.58. The van der Waals surface area contributed by atoms with Crippen LogP contribution in [0.25, 0.3) is 33.8 Å². The van der Waals surface area contributed by atoms with Crippen molar-refractivity contribution in [1.82, 2.24) is 24.5 Å². The van der Waals surface area contributed by atoms with Crippen molar-refractivity contribution in [2.45, 2.75) is 37.3 Å². The van der Waals surface area contributed by atoms with Gasteiger partial charge in [-0.1, -0.05) is 103 Å². The zero-order valence-electron chi connectivity index (χ0n) is 28.1. The summed E-state index contributed by atoms with van der Waals surface area (Å²) in [7, 11) is 0. The van der Waals surface area contributed by atoms with Crippen LogP contribution in [0.1, 0.15) is 42.4 Å². The van der Waals surface area contributed by atoms with Crippen LogP contribution in [0.15, 0.2) is 126 Å². The van der Waals surface area contributed by atoms with Crippen LogP contribution in [0.3, 0.4) is 0 Å². The van der Waals surface area contributed by atoms with Gasteiger partial charge in [-0.2, -0.15) is 11.3 Å². The zero-order chi connectivity index (χ0) is 35.2. The van der Waals surface area contributed by atoms with Gasteiger partial charge in [0.15, 0.2) is 11.5 Å². The third kappa shape index (κ3) is 5.47. The molecule has 2 atom stereocenters. The Kier molecular flexibility index (Phi) is 8.32. The summed E-state index contributed by atoms with van der Waals surface area (Å²) < 4.78 is 2.18. The predicted molar refractivity (Wildman–Crippen MR) is 205 cm³/mol. The molecule has 3 saturated carbocycles. The highest BCUT2D eigenvalue weighted by Crippen LogP contribution is 2.47. The van der Waals surface area contributed by atoms with Crippen LogP contribution >= 0.6 is 22.9 Å². The predicted octanol–water partition coefficient (Wildman–Crippen LogP) is 9.41. The molecule has 2 unspecified atom stereocenters. The molecule has 3 aromatic carbocycles. The van der Waals surface area contributed by atoms with Gasteiger partial charge >= 0.3 is 5.97 Å². The molecule has 0 aliphatic heterocycles. The highest BCUT2D eigenvalue weighted by Gasteiger charge is 2.47. The van der Waals surface area contributed by atoms with E-state index in [0.717, 1.165) is 53.6 Å². The van der Waals surface area contributed by atoms with Crippen LogP contribution in [0.5, 0.6) is 0 Å². The average Bonchev–Trinajstić information content (AvgIpc) is 3.86. The Balaban J connectivity index is 1.30. The summed E-state index contributed by atoms with van der Waals surface area (Å²) >= 11 is 8.21. The number of carbonyl (C=O) groups is 1. The van der Waals surface area contributed by atoms with Gasteiger partial charge in [0.2, 0.25) is 0 Å². The van der Waals surface area contributed by atoms with E-state index in [1.165, 1.54) is 0 Å². The van der Waals surface area contributed by atoms with E-state index in [1.54, 1.807) is 17.5 Å². The maximum absolute atomic E-state index is 12.6. The van der Waals surface area contributed by atoms with E-state index in [4.69, 9.17) is 31.5 Å². The molecule has 8 nitrogen and oxygen atoms in total. The molecule has 3 aliphatic rings. The molecule has 4 aromatic heterocycles. The van der Waals surface area contributed by atoms with E-state index in [-0.39, 0.29) is 23.0 Å². The lowest BCUT2D eigenvalue weighted by molar-refractivity contribution is -0.148. The van der Waals surface area contributed by atoms with Crippen LogP contribution in [-0.2, 0) is 10.3 Å². The van der Waals surface area contributed by atoms with Crippen molar-refractivity contribution in [2.24, 2.45) is 17.8 Å². The molecule has 258 valence electrons. The fourth-order valence-corrected chi connectivity index (χ4v) is 9.51. The Morgan fingerprint density at radius 3 is 2.02 bits per heavy atom. The summed E-state index contributed by atoms with van der Waals surface area (Å²) in [5.41, 5.74) is 5.77. The largest absolute Gasteiger partial charge is 0.481 e. The van der Waals surface area contributed by atoms with Gasteiger partial charge in [-0.15, -0.1) is 0 Å². The first-order valence-corrected chi connectivity index (χ1v) is 18.9. The van der Waals surface area contributed by atoms with Gasteiger partial charge in [-0.25, -0.2) is 19.9 Å². The zero-order valence-corrected chi connectivity index (χ0v) is 29.7. The number of carboxylic acid groups (broad SMARTS) is 1. The Labute approximate surface area is 310 Å². The quantitative estimate of drug-likeness (QED) is 0.143. The van der Waals surface area contributed by atoms with Crippen molar-refractivity contribution in [2.75, 3.05) is 5.32 Å². The second-order valence-corrected chi connectivity index (χ2v) is 14.9. The van der Waals surface area contributed by atoms with Gasteiger partial charge in [0, 0.05) is 29.2 Å². The molecule has 10 heteroatoms. The van der Waals surface area contributed by atoms with Crippen LogP contribution in [0.2, 0.25) is 5.15 Å². The third-order valence-electron chi connectivity index (χ3n) is 11.0. The number of aliphatic carboxylic acids is 1. The highest BCUT2D eigenvalue weighted by molar-refractivity contribution is 7.08. The van der Waals surface area contributed by atoms with Crippen molar-refractivity contribution in [3.8, 4) is 22.6 Å². The van der Waals surface area contributed by atoms with Gasteiger partial charge in [-0.05, 0) is 65.7 Å². The monoisotopic (exact) mass is 722 g/mol. The SMILES string of the molecule is O=C(O)C1C2CCC(CC2)C1Nc1cc(-c2ccsc2)nc(-c2cn(C(c3ccccc3)(c3ccccc3)c3ccccc3)c3ncc(Cl)nc23)n1. The number of benzene rings is 3. The molecular formula is C42H35ClN6O2S. The van der Waals surface area contributed by atoms with Crippen molar-refractivity contribution < 1.29 is 9.90 Å². The summed E-state index contributed by atoms with van der Waals surface area (Å²) in [5.74, 6) is 0.254. The normalized spacial score (nSPS) is 19.9. The van der Waals surface area contributed by atoms with Gasteiger partial charge in [-0.3, -0.25) is 4.79 Å². The van der Waals surface area contributed by atoms with Crippen LogP contribution < -0.4 is 5.32 Å². The van der Waals surface area contributed by atoms with Crippen molar-refractivity contribution >= 4 is 45.9 Å². The van der Waals surface area contributed by atoms with Gasteiger partial charge in [0.25, 0.3) is 0 Å². The fourth-order valence-electron chi connectivity index (χ4n) is 8.73. The van der Waals surface area contributed by atoms with E-state index in [0.29, 0.717) is 28.4 Å². The lowest BCUT2D eigenvalue weighted by Crippen LogP contribution is -2.51. The topological polar surface area (TPSA) is 106 Å². The second-order valence-electron chi connectivity index (χ2n) is 13.8. The Hall–Kier alpha value is -5.38. The number of hydrogen-bond donors (Lipinski definition) is 2. The Bertz CT molecular complexity index is 2260. The molecule has 0 saturated heterocycles. The number of hydrogen-bond acceptors (Lipinski definition) is 7. The number of aromatic nitrogens is 5. The number of nitrogens with one attached hydrogen (secondary N) is 1. The third-order valence-corrected chi connectivity index (χ3v) is 11.9. The van der Waals surface area contributed by atoms with E-state index in [1.807, 2.05) is 41.9 Å². The summed E-state index contributed by atoms with van der Waals surface area (Å²) in [4.78, 5) is 32.7. The van der Waals surface area contributed by atoms with E-state index in [9.17, 15) is 9.90 Å². The van der Waals surface area contributed by atoms with Crippen LogP contribution in [-0.4, -0.2) is 41.6 Å². The Morgan fingerprint density at radius 1 is 0.827 bits per heavy atom. The molecule has 10 rings (SSSR count). The minimum Gasteiger partial charge on any atom is -0.481 e. The number of halogens is 1. The van der Waals surface area contributed by atoms with E-state index in [2.05, 4.69) is 88.1 Å². The molecule has 3 aliphatic carbocycles. The lowest BCUT2D eigenvalue weighted by Gasteiger charge is -2.47. The molecule has 52 heavy (non-hydrogen) atoms. The minimum atomic E-state index is -0.870. The number of anilines is 1. The van der Waals surface area contributed by atoms with Crippen molar-refractivity contribution in [1.29, 1.82) is 0 Å². The molecule has 0 radical (unpaired) electrons. The first kappa shape index (κ1) is 32.5. The molecule has 3 fully saturated rings. The first-order chi connectivity index (χ1) is 25.5. The van der Waals surface area contributed by atoms with Crippen molar-refractivity contribution in [3.05, 3.63) is 148 Å². The summed E-state index contributed by atoms with van der Waals surface area (Å²) in [6.45, 7) is 0. The van der Waals surface area contributed by atoms with E-state index >= 15 is 0 Å². The van der Waals surface area contributed by atoms with Crippen LogP contribution in [0.4, 0.5) is 5.82 Å². The fraction of sp³-hybridized carbons (Fsp3) is 0.214. The molecule has 2 N–H and O–H groups in total. The average molecular weight is 723 g/mol. The number of carboxylic acids is 1. The maximum Gasteiger partial charge on any atom is 0.308 e. The number of rotatable bonds is 9. The smallest absolute Gasteiger partial charge is 0.308 e. The molecule has 2 bridgehead atoms. The highest BCUT2D eigenvalue weighted by atomic mass is 35.5. The Morgan fingerprint density at radius 2 is 1.44 bits per heavy atom. The molecule has 4 heterocycles. The van der Waals surface area contributed by atoms with Gasteiger partial charge in [0.1, 0.15) is 22.0 Å². The molecule has 7 aromatic rings. The van der Waals surface area contributed by atoms with Crippen molar-refractivity contribution in [3.63, 3.8) is 0 Å². The van der Waals surface area contributed by atoms with Gasteiger partial charge in [0.05, 0.1) is 23.4 Å². The number of fused-ring (bicyclic) bond motifs is 4. The number of thiophene rings is 1. The first-order valence-electron chi connectivity index (χ1n) is 17.6. The molecule has 0 amide bonds. The van der Waals surface area contributed by atoms with E-state index < -0.39 is 17.4 Å². The molecular weight excluding hydrogens is 688 g/mol. The molecule has 0 spiro atoms. The lowest BCUT2D eigenvalue weighted by atomic mass is 9.61. The van der Waals surface area contributed by atoms with Crippen LogP contribution in [0, 0.1) is 17.8 Å². The maximum atomic E-state index is 12.6.